The van der Waals surface area contributed by atoms with Gasteiger partial charge in [0, 0.05) is 34.9 Å². The number of alkyl halides is 1. The van der Waals surface area contributed by atoms with Gasteiger partial charge in [-0.25, -0.2) is 0 Å². The zero-order chi connectivity index (χ0) is 24.1. The number of allylic oxidation sites excluding steroid dienone is 3. The van der Waals surface area contributed by atoms with Gasteiger partial charge >= 0.3 is 0 Å². The predicted molar refractivity (Wildman–Crippen MR) is 120 cm³/mol. The molecule has 176 valence electrons. The van der Waals surface area contributed by atoms with Crippen molar-refractivity contribution in [3.05, 3.63) is 33.9 Å². The van der Waals surface area contributed by atoms with Crippen LogP contribution in [-0.2, 0) is 16.0 Å². The Balaban J connectivity index is 2.09. The van der Waals surface area contributed by atoms with Crippen molar-refractivity contribution in [3.8, 4) is 29.1 Å². The molecule has 9 heteroatoms. The Kier molecular flexibility index (Phi) is 5.87. The fourth-order valence-corrected chi connectivity index (χ4v) is 5.07. The number of rotatable bonds is 5. The van der Waals surface area contributed by atoms with Gasteiger partial charge in [-0.1, -0.05) is 13.8 Å². The molecular weight excluding hydrogens is 448 g/mol. The van der Waals surface area contributed by atoms with Crippen molar-refractivity contribution in [1.82, 2.24) is 0 Å². The average Bonchev–Trinajstić information content (AvgIpc) is 3.19. The summed E-state index contributed by atoms with van der Waals surface area (Å²) in [7, 11) is 3.02. The zero-order valence-electron chi connectivity index (χ0n) is 19.3. The molecular formula is C24H27ClN2O6. The minimum atomic E-state index is -0.814. The summed E-state index contributed by atoms with van der Waals surface area (Å²) >= 11 is 6.43. The van der Waals surface area contributed by atoms with Crippen LogP contribution in [-0.4, -0.2) is 32.2 Å². The quantitative estimate of drug-likeness (QED) is 0.636. The number of nitriles is 1. The number of hydrogen-bond donors (Lipinski definition) is 1. The summed E-state index contributed by atoms with van der Waals surface area (Å²) in [5.41, 5.74) is 7.67. The highest BCUT2D eigenvalue weighted by atomic mass is 35.5. The van der Waals surface area contributed by atoms with Gasteiger partial charge in [0.05, 0.1) is 20.1 Å². The van der Waals surface area contributed by atoms with Crippen molar-refractivity contribution in [2.75, 3.05) is 21.0 Å². The smallest absolute Gasteiger partial charge is 0.231 e. The minimum Gasteiger partial charge on any atom is -0.492 e. The third-order valence-electron chi connectivity index (χ3n) is 6.13. The Morgan fingerprint density at radius 1 is 1.21 bits per heavy atom. The molecule has 3 aliphatic rings. The number of ether oxygens (including phenoxy) is 5. The first-order valence-corrected chi connectivity index (χ1v) is 11.1. The van der Waals surface area contributed by atoms with Gasteiger partial charge in [-0.15, -0.1) is 11.6 Å². The molecule has 0 saturated carbocycles. The lowest BCUT2D eigenvalue weighted by molar-refractivity contribution is -0.119. The maximum absolute atomic E-state index is 13.5. The van der Waals surface area contributed by atoms with Gasteiger partial charge < -0.3 is 29.4 Å². The van der Waals surface area contributed by atoms with Crippen LogP contribution in [0.5, 0.6) is 23.0 Å². The molecule has 0 unspecified atom stereocenters. The van der Waals surface area contributed by atoms with E-state index in [4.69, 9.17) is 41.0 Å². The van der Waals surface area contributed by atoms with Gasteiger partial charge in [0.15, 0.2) is 17.3 Å². The van der Waals surface area contributed by atoms with Crippen molar-refractivity contribution < 1.29 is 28.5 Å². The van der Waals surface area contributed by atoms with Crippen molar-refractivity contribution in [2.45, 2.75) is 51.3 Å². The summed E-state index contributed by atoms with van der Waals surface area (Å²) < 4.78 is 28.8. The minimum absolute atomic E-state index is 0.0146. The van der Waals surface area contributed by atoms with Crippen LogP contribution in [0.25, 0.3) is 0 Å². The molecule has 0 radical (unpaired) electrons. The van der Waals surface area contributed by atoms with Gasteiger partial charge in [-0.05, 0) is 18.8 Å². The number of nitrogens with zero attached hydrogens (tertiary/aromatic N) is 1. The number of hydrogen-bond acceptors (Lipinski definition) is 8. The second-order valence-electron chi connectivity index (χ2n) is 9.21. The van der Waals surface area contributed by atoms with E-state index < -0.39 is 5.92 Å². The maximum atomic E-state index is 13.5. The number of Topliss-reactive ketones (excluding diaryl/α,β-unsaturated/α-hetero) is 1. The zero-order valence-corrected chi connectivity index (χ0v) is 20.1. The summed E-state index contributed by atoms with van der Waals surface area (Å²) in [6.45, 7) is 5.83. The van der Waals surface area contributed by atoms with Crippen molar-refractivity contribution in [1.29, 1.82) is 5.26 Å². The molecule has 8 nitrogen and oxygen atoms in total. The highest BCUT2D eigenvalue weighted by Gasteiger charge is 2.46. The lowest BCUT2D eigenvalue weighted by Gasteiger charge is -2.38. The number of benzene rings is 1. The first-order valence-electron chi connectivity index (χ1n) is 10.7. The number of halogens is 1. The molecule has 2 atom stereocenters. The van der Waals surface area contributed by atoms with Crippen molar-refractivity contribution >= 4 is 17.4 Å². The van der Waals surface area contributed by atoms with E-state index in [1.807, 2.05) is 20.8 Å². The Bertz CT molecular complexity index is 1130. The fraction of sp³-hybridized carbons (Fsp3) is 0.500. The van der Waals surface area contributed by atoms with Crippen LogP contribution >= 0.6 is 11.6 Å². The van der Waals surface area contributed by atoms with Crippen molar-refractivity contribution in [2.24, 2.45) is 11.1 Å². The van der Waals surface area contributed by atoms with Crippen LogP contribution in [0.1, 0.15) is 50.7 Å². The van der Waals surface area contributed by atoms with E-state index >= 15 is 0 Å². The van der Waals surface area contributed by atoms with Crippen LogP contribution < -0.4 is 24.7 Å². The van der Waals surface area contributed by atoms with E-state index in [9.17, 15) is 10.1 Å². The highest BCUT2D eigenvalue weighted by molar-refractivity contribution is 6.20. The van der Waals surface area contributed by atoms with E-state index in [1.165, 1.54) is 14.2 Å². The van der Waals surface area contributed by atoms with Gasteiger partial charge in [0.25, 0.3) is 0 Å². The molecule has 33 heavy (non-hydrogen) atoms. The summed E-state index contributed by atoms with van der Waals surface area (Å²) in [5, 5.41) is 9.78. The molecule has 0 fully saturated rings. The van der Waals surface area contributed by atoms with Gasteiger partial charge in [0.1, 0.15) is 17.4 Å². The van der Waals surface area contributed by atoms with Gasteiger partial charge in [-0.3, -0.25) is 4.79 Å². The second kappa shape index (κ2) is 8.38. The molecule has 2 heterocycles. The first kappa shape index (κ1) is 23.1. The molecule has 0 amide bonds. The molecule has 0 bridgehead atoms. The van der Waals surface area contributed by atoms with E-state index in [2.05, 4.69) is 6.07 Å². The lowest BCUT2D eigenvalue weighted by Crippen LogP contribution is -2.34. The van der Waals surface area contributed by atoms with Gasteiger partial charge in [-0.2, -0.15) is 5.26 Å². The van der Waals surface area contributed by atoms with Gasteiger partial charge in [0.2, 0.25) is 24.2 Å². The molecule has 1 aromatic rings. The molecule has 2 N–H and O–H groups in total. The normalized spacial score (nSPS) is 21.8. The number of methoxy groups -OCH3 is 2. The summed E-state index contributed by atoms with van der Waals surface area (Å²) in [5.74, 6) is 1.06. The summed E-state index contributed by atoms with van der Waals surface area (Å²) in [4.78, 5) is 13.5. The largest absolute Gasteiger partial charge is 0.492 e. The molecule has 1 aliphatic carbocycles. The predicted octanol–water partition coefficient (Wildman–Crippen LogP) is 4.05. The third kappa shape index (κ3) is 3.74. The molecule has 0 aromatic heterocycles. The Labute approximate surface area is 197 Å². The fourth-order valence-electron chi connectivity index (χ4n) is 4.92. The van der Waals surface area contributed by atoms with E-state index in [0.29, 0.717) is 64.7 Å². The summed E-state index contributed by atoms with van der Waals surface area (Å²) in [6.07, 6.45) is 1.19. The van der Waals surface area contributed by atoms with Crippen LogP contribution in [0.3, 0.4) is 0 Å². The SMILES string of the molecule is COc1c(C[C@@H](C)Cl)c([C@@H]2C(C#N)=C(N)OC3=C2C(=O)CC(C)(C)C3)c(OC)c2c1OCO2. The van der Waals surface area contributed by atoms with Crippen LogP contribution in [0.15, 0.2) is 22.8 Å². The van der Waals surface area contributed by atoms with E-state index in [0.717, 1.165) is 0 Å². The molecule has 0 spiro atoms. The standard InChI is InChI=1S/C24H27ClN2O6/c1-11(25)6-12-17(20(30-5)22-21(19(12)29-4)31-10-32-22)16-13(9-26)23(27)33-15-8-24(2,3)7-14(28)18(15)16/h11,16H,6-8,10,27H2,1-5H3/t11-,16+/m1/s1. The topological polar surface area (TPSA) is 113 Å². The number of carbonyl (C=O) groups excluding carboxylic acids is 1. The number of fused-ring (bicyclic) bond motifs is 1. The number of carbonyl (C=O) groups is 1. The van der Waals surface area contributed by atoms with Crippen LogP contribution in [0.2, 0.25) is 0 Å². The Morgan fingerprint density at radius 2 is 1.85 bits per heavy atom. The molecule has 4 rings (SSSR count). The molecule has 2 aliphatic heterocycles. The Hall–Kier alpha value is -3.05. The Morgan fingerprint density at radius 3 is 2.42 bits per heavy atom. The number of nitrogens with two attached hydrogens (primary N) is 1. The highest BCUT2D eigenvalue weighted by Crippen LogP contribution is 2.58. The lowest BCUT2D eigenvalue weighted by atomic mass is 9.69. The van der Waals surface area contributed by atoms with E-state index in [1.54, 1.807) is 0 Å². The monoisotopic (exact) mass is 474 g/mol. The number of ketones is 1. The van der Waals surface area contributed by atoms with Crippen molar-refractivity contribution in [3.63, 3.8) is 0 Å². The van der Waals surface area contributed by atoms with E-state index in [-0.39, 0.29) is 34.8 Å². The van der Waals surface area contributed by atoms with Crippen LogP contribution in [0, 0.1) is 16.7 Å². The third-order valence-corrected chi connectivity index (χ3v) is 6.28. The average molecular weight is 475 g/mol. The van der Waals surface area contributed by atoms with Crippen LogP contribution in [0.4, 0.5) is 0 Å². The molecule has 1 aromatic carbocycles. The first-order chi connectivity index (χ1) is 15.6. The second-order valence-corrected chi connectivity index (χ2v) is 9.96. The maximum Gasteiger partial charge on any atom is 0.231 e. The molecule has 0 saturated heterocycles. The summed E-state index contributed by atoms with van der Waals surface area (Å²) in [6, 6.07) is 2.16.